The smallest absolute Gasteiger partial charge is 0.0481 e. The summed E-state index contributed by atoms with van der Waals surface area (Å²) in [5, 5.41) is 0.588. The van der Waals surface area contributed by atoms with E-state index in [1.165, 1.54) is 30.8 Å². The molecule has 0 saturated carbocycles. The summed E-state index contributed by atoms with van der Waals surface area (Å²) in [5.74, 6) is 2.32. The Morgan fingerprint density at radius 1 is 0.700 bits per heavy atom. The number of anilines is 3. The lowest BCUT2D eigenvalue weighted by molar-refractivity contribution is 1.16. The monoisotopic (exact) mass is 725 g/mol. The van der Waals surface area contributed by atoms with Crippen LogP contribution in [0.4, 0.5) is 17.1 Å². The van der Waals surface area contributed by atoms with Gasteiger partial charge in [-0.3, -0.25) is 0 Å². The number of hydrogen-bond donors (Lipinski definition) is 0. The molecule has 40 heavy (non-hydrogen) atoms. The minimum absolute atomic E-state index is 0.588. The highest BCUT2D eigenvalue weighted by molar-refractivity contribution is 9.10. The molecular weight excluding hydrogens is 698 g/mol. The fourth-order valence-corrected chi connectivity index (χ4v) is 9.23. The maximum atomic E-state index is 3.56. The van der Waals surface area contributed by atoms with Crippen LogP contribution < -0.4 is 4.90 Å². The fraction of sp³-hybridized carbons (Fsp3) is 0.152. The first kappa shape index (κ1) is 29.7. The summed E-state index contributed by atoms with van der Waals surface area (Å²) in [6.07, 6.45) is 6.63. The zero-order valence-electron chi connectivity index (χ0n) is 22.2. The van der Waals surface area contributed by atoms with Gasteiger partial charge in [-0.1, -0.05) is 57.0 Å². The SMILES string of the molecule is CCSC(CSC)c1ccc(-c2ccc(/C=C/c3ccc(N(c4ccc(Br)cc4)c4ccc(Br)cc4)cc3)s2)s1. The van der Waals surface area contributed by atoms with Crippen molar-refractivity contribution in [2.45, 2.75) is 12.2 Å². The van der Waals surface area contributed by atoms with Crippen LogP contribution in [0.15, 0.2) is 106 Å². The van der Waals surface area contributed by atoms with Crippen LogP contribution in [0.2, 0.25) is 0 Å². The molecule has 0 aliphatic carbocycles. The van der Waals surface area contributed by atoms with Crippen molar-refractivity contribution in [2.24, 2.45) is 0 Å². The Hall–Kier alpha value is -1.74. The standard InChI is InChI=1S/C33H29Br2NS4/c1-3-38-33(22-37-2)32-21-20-31(40-32)30-19-18-29(39-30)17-6-23-4-11-26(12-5-23)36(27-13-7-24(34)8-14-27)28-15-9-25(35)10-16-28/h4-21,33H,3,22H2,1-2H3/b17-6+. The normalized spacial score (nSPS) is 12.2. The summed E-state index contributed by atoms with van der Waals surface area (Å²) < 4.78 is 2.14. The predicted molar refractivity (Wildman–Crippen MR) is 192 cm³/mol. The molecule has 0 radical (unpaired) electrons. The van der Waals surface area contributed by atoms with Crippen molar-refractivity contribution >= 4 is 107 Å². The lowest BCUT2D eigenvalue weighted by Gasteiger charge is -2.25. The number of benzene rings is 3. The summed E-state index contributed by atoms with van der Waals surface area (Å²) in [5.41, 5.74) is 4.53. The average Bonchev–Trinajstić information content (AvgIpc) is 3.65. The van der Waals surface area contributed by atoms with Crippen molar-refractivity contribution in [3.8, 4) is 9.75 Å². The zero-order valence-corrected chi connectivity index (χ0v) is 28.7. The molecule has 0 bridgehead atoms. The van der Waals surface area contributed by atoms with Crippen molar-refractivity contribution in [3.63, 3.8) is 0 Å². The summed E-state index contributed by atoms with van der Waals surface area (Å²) in [4.78, 5) is 7.74. The second-order valence-electron chi connectivity index (χ2n) is 9.02. The molecule has 1 atom stereocenters. The Labute approximate surface area is 271 Å². The molecule has 204 valence electrons. The van der Waals surface area contributed by atoms with Crippen LogP contribution in [0.5, 0.6) is 0 Å². The highest BCUT2D eigenvalue weighted by atomic mass is 79.9. The quantitative estimate of drug-likeness (QED) is 0.133. The van der Waals surface area contributed by atoms with Crippen LogP contribution in [0.1, 0.15) is 27.5 Å². The van der Waals surface area contributed by atoms with E-state index in [0.29, 0.717) is 5.25 Å². The minimum Gasteiger partial charge on any atom is -0.311 e. The average molecular weight is 728 g/mol. The van der Waals surface area contributed by atoms with Crippen LogP contribution >= 0.6 is 78.1 Å². The third-order valence-corrected chi connectivity index (χ3v) is 11.9. The van der Waals surface area contributed by atoms with Gasteiger partial charge in [-0.05, 0) is 109 Å². The van der Waals surface area contributed by atoms with Gasteiger partial charge in [0.25, 0.3) is 0 Å². The van der Waals surface area contributed by atoms with Crippen molar-refractivity contribution < 1.29 is 0 Å². The second kappa shape index (κ2) is 14.4. The first-order chi connectivity index (χ1) is 19.5. The molecule has 0 N–H and O–H groups in total. The van der Waals surface area contributed by atoms with Crippen molar-refractivity contribution in [2.75, 3.05) is 22.7 Å². The molecule has 5 aromatic rings. The molecule has 1 nitrogen and oxygen atoms in total. The van der Waals surface area contributed by atoms with E-state index in [4.69, 9.17) is 0 Å². The number of thiophene rings is 2. The minimum atomic E-state index is 0.588. The van der Waals surface area contributed by atoms with Crippen molar-refractivity contribution in [3.05, 3.63) is 121 Å². The number of thioether (sulfide) groups is 2. The van der Waals surface area contributed by atoms with Crippen molar-refractivity contribution in [1.29, 1.82) is 0 Å². The van der Waals surface area contributed by atoms with Crippen LogP contribution in [0.3, 0.4) is 0 Å². The van der Waals surface area contributed by atoms with E-state index < -0.39 is 0 Å². The first-order valence-electron chi connectivity index (χ1n) is 12.9. The number of hydrogen-bond acceptors (Lipinski definition) is 5. The lowest BCUT2D eigenvalue weighted by atomic mass is 10.1. The van der Waals surface area contributed by atoms with E-state index in [0.717, 1.165) is 31.8 Å². The molecule has 0 fully saturated rings. The van der Waals surface area contributed by atoms with E-state index in [1.807, 2.05) is 46.2 Å². The number of rotatable bonds is 11. The molecule has 0 aliphatic rings. The lowest BCUT2D eigenvalue weighted by Crippen LogP contribution is -2.09. The molecule has 2 aromatic heterocycles. The maximum Gasteiger partial charge on any atom is 0.0481 e. The highest BCUT2D eigenvalue weighted by Gasteiger charge is 2.15. The molecule has 3 aromatic carbocycles. The van der Waals surface area contributed by atoms with Crippen LogP contribution in [0, 0.1) is 0 Å². The molecule has 0 aliphatic heterocycles. The van der Waals surface area contributed by atoms with E-state index in [1.54, 1.807) is 0 Å². The maximum absolute atomic E-state index is 3.56. The van der Waals surface area contributed by atoms with E-state index in [-0.39, 0.29) is 0 Å². The summed E-state index contributed by atoms with van der Waals surface area (Å²) >= 11 is 14.9. The van der Waals surface area contributed by atoms with Crippen LogP contribution in [-0.4, -0.2) is 17.8 Å². The Morgan fingerprint density at radius 2 is 1.25 bits per heavy atom. The van der Waals surface area contributed by atoms with E-state index >= 15 is 0 Å². The predicted octanol–water partition coefficient (Wildman–Crippen LogP) is 12.8. The third kappa shape index (κ3) is 7.55. The first-order valence-corrected chi connectivity index (χ1v) is 18.6. The Kier molecular flexibility index (Phi) is 10.7. The van der Waals surface area contributed by atoms with Gasteiger partial charge in [0.05, 0.1) is 0 Å². The number of nitrogens with zero attached hydrogens (tertiary/aromatic N) is 1. The van der Waals surface area contributed by atoms with Gasteiger partial charge < -0.3 is 4.90 Å². The van der Waals surface area contributed by atoms with Gasteiger partial charge >= 0.3 is 0 Å². The molecular formula is C33H29Br2NS4. The largest absolute Gasteiger partial charge is 0.311 e. The topological polar surface area (TPSA) is 3.24 Å². The Balaban J connectivity index is 1.32. The highest BCUT2D eigenvalue weighted by Crippen LogP contribution is 2.41. The van der Waals surface area contributed by atoms with E-state index in [2.05, 4.69) is 159 Å². The Morgan fingerprint density at radius 3 is 1.82 bits per heavy atom. The molecule has 5 rings (SSSR count). The molecule has 2 heterocycles. The van der Waals surface area contributed by atoms with Gasteiger partial charge in [0.1, 0.15) is 0 Å². The molecule has 7 heteroatoms. The Bertz CT molecular complexity index is 1490. The van der Waals surface area contributed by atoms with Gasteiger partial charge in [0, 0.05) is 56.5 Å². The fourth-order valence-electron chi connectivity index (χ4n) is 4.34. The summed E-state index contributed by atoms with van der Waals surface area (Å²) in [6, 6.07) is 34.7. The summed E-state index contributed by atoms with van der Waals surface area (Å²) in [7, 11) is 0. The second-order valence-corrected chi connectivity index (χ2v) is 15.5. The van der Waals surface area contributed by atoms with E-state index in [9.17, 15) is 0 Å². The van der Waals surface area contributed by atoms with Gasteiger partial charge in [-0.15, -0.1) is 22.7 Å². The summed E-state index contributed by atoms with van der Waals surface area (Å²) in [6.45, 7) is 2.25. The van der Waals surface area contributed by atoms with Gasteiger partial charge in [0.2, 0.25) is 0 Å². The molecule has 0 amide bonds. The van der Waals surface area contributed by atoms with Crippen LogP contribution in [0.25, 0.3) is 21.9 Å². The van der Waals surface area contributed by atoms with Gasteiger partial charge in [0.15, 0.2) is 0 Å². The third-order valence-electron chi connectivity index (χ3n) is 6.26. The molecule has 1 unspecified atom stereocenters. The van der Waals surface area contributed by atoms with Gasteiger partial charge in [-0.25, -0.2) is 0 Å². The van der Waals surface area contributed by atoms with Crippen LogP contribution in [-0.2, 0) is 0 Å². The van der Waals surface area contributed by atoms with Crippen molar-refractivity contribution in [1.82, 2.24) is 0 Å². The molecule has 0 spiro atoms. The molecule has 0 saturated heterocycles. The number of halogens is 2. The van der Waals surface area contributed by atoms with Gasteiger partial charge in [-0.2, -0.15) is 23.5 Å². The zero-order chi connectivity index (χ0) is 27.9.